The molecule has 1 aromatic carbocycles. The Hall–Kier alpha value is -2.36. The van der Waals surface area contributed by atoms with E-state index in [0.29, 0.717) is 0 Å². The number of nitrogens with zero attached hydrogens (tertiary/aromatic N) is 3. The molecule has 4 nitrogen and oxygen atoms in total. The first kappa shape index (κ1) is 10.8. The number of fused-ring (bicyclic) bond motifs is 1. The second-order valence-corrected chi connectivity index (χ2v) is 4.19. The molecule has 0 bridgehead atoms. The highest BCUT2D eigenvalue weighted by Gasteiger charge is 2.04. The lowest BCUT2D eigenvalue weighted by molar-refractivity contribution is 0.413. The van der Waals surface area contributed by atoms with Gasteiger partial charge >= 0.3 is 0 Å². The van der Waals surface area contributed by atoms with Crippen LogP contribution in [0.3, 0.4) is 0 Å². The summed E-state index contributed by atoms with van der Waals surface area (Å²) >= 11 is 0. The summed E-state index contributed by atoms with van der Waals surface area (Å²) < 4.78 is 7.00. The molecule has 0 radical (unpaired) electrons. The van der Waals surface area contributed by atoms with Crippen molar-refractivity contribution in [2.24, 2.45) is 7.05 Å². The quantitative estimate of drug-likeness (QED) is 0.690. The number of ether oxygens (including phenoxy) is 1. The Labute approximate surface area is 105 Å². The van der Waals surface area contributed by atoms with Crippen molar-refractivity contribution in [2.45, 2.75) is 0 Å². The van der Waals surface area contributed by atoms with Gasteiger partial charge in [0.2, 0.25) is 0 Å². The van der Waals surface area contributed by atoms with Crippen LogP contribution < -0.4 is 4.74 Å². The van der Waals surface area contributed by atoms with Gasteiger partial charge in [-0.3, -0.25) is 9.67 Å². The van der Waals surface area contributed by atoms with E-state index in [0.717, 1.165) is 27.8 Å². The Balaban J connectivity index is 2.12. The minimum Gasteiger partial charge on any atom is -0.495 e. The number of hydrogen-bond acceptors (Lipinski definition) is 3. The van der Waals surface area contributed by atoms with Gasteiger partial charge in [0.05, 0.1) is 18.8 Å². The molecule has 90 valence electrons. The number of benzene rings is 1. The molecule has 3 rings (SSSR count). The van der Waals surface area contributed by atoms with Crippen LogP contribution in [0.1, 0.15) is 0 Å². The van der Waals surface area contributed by atoms with Gasteiger partial charge in [-0.15, -0.1) is 0 Å². The zero-order valence-electron chi connectivity index (χ0n) is 10.3. The highest BCUT2D eigenvalue weighted by Crippen LogP contribution is 2.25. The van der Waals surface area contributed by atoms with Gasteiger partial charge in [-0.1, -0.05) is 12.1 Å². The van der Waals surface area contributed by atoms with Gasteiger partial charge in [-0.05, 0) is 17.7 Å². The van der Waals surface area contributed by atoms with Crippen LogP contribution in [-0.2, 0) is 7.05 Å². The zero-order chi connectivity index (χ0) is 12.5. The van der Waals surface area contributed by atoms with Gasteiger partial charge in [-0.2, -0.15) is 5.10 Å². The summed E-state index contributed by atoms with van der Waals surface area (Å²) in [6.45, 7) is 0. The fourth-order valence-corrected chi connectivity index (χ4v) is 2.01. The Bertz CT molecular complexity index is 703. The highest BCUT2D eigenvalue weighted by atomic mass is 16.5. The van der Waals surface area contributed by atoms with E-state index in [-0.39, 0.29) is 0 Å². The number of rotatable bonds is 2. The second kappa shape index (κ2) is 4.14. The number of hydrogen-bond donors (Lipinski definition) is 0. The van der Waals surface area contributed by atoms with Crippen molar-refractivity contribution >= 4 is 10.9 Å². The third kappa shape index (κ3) is 1.82. The minimum absolute atomic E-state index is 0.758. The lowest BCUT2D eigenvalue weighted by Crippen LogP contribution is -1.86. The number of aromatic nitrogens is 3. The topological polar surface area (TPSA) is 39.9 Å². The fourth-order valence-electron chi connectivity index (χ4n) is 2.01. The first-order chi connectivity index (χ1) is 8.76. The maximum absolute atomic E-state index is 5.19. The van der Waals surface area contributed by atoms with E-state index >= 15 is 0 Å². The van der Waals surface area contributed by atoms with Gasteiger partial charge in [-0.25, -0.2) is 0 Å². The minimum atomic E-state index is 0.758. The maximum Gasteiger partial charge on any atom is 0.137 e. The number of pyridine rings is 1. The first-order valence-corrected chi connectivity index (χ1v) is 5.69. The average molecular weight is 239 g/mol. The van der Waals surface area contributed by atoms with Crippen LogP contribution in [0, 0.1) is 0 Å². The predicted octanol–water partition coefficient (Wildman–Crippen LogP) is 2.64. The van der Waals surface area contributed by atoms with Crippen LogP contribution in [-0.4, -0.2) is 21.9 Å². The predicted molar refractivity (Wildman–Crippen MR) is 70.5 cm³/mol. The van der Waals surface area contributed by atoms with Crippen molar-refractivity contribution in [1.29, 1.82) is 0 Å². The molecular formula is C14H13N3O. The van der Waals surface area contributed by atoms with Crippen molar-refractivity contribution in [3.05, 3.63) is 42.9 Å². The van der Waals surface area contributed by atoms with Crippen molar-refractivity contribution < 1.29 is 4.74 Å². The van der Waals surface area contributed by atoms with E-state index in [1.165, 1.54) is 0 Å². The molecule has 18 heavy (non-hydrogen) atoms. The molecule has 0 N–H and O–H groups in total. The molecule has 0 saturated carbocycles. The molecule has 0 unspecified atom stereocenters. The third-order valence-electron chi connectivity index (χ3n) is 2.90. The van der Waals surface area contributed by atoms with E-state index in [1.807, 2.05) is 30.2 Å². The molecule has 0 aliphatic rings. The van der Waals surface area contributed by atoms with Gasteiger partial charge in [0.15, 0.2) is 0 Å². The Morgan fingerprint density at radius 2 is 2.00 bits per heavy atom. The molecular weight excluding hydrogens is 226 g/mol. The summed E-state index contributed by atoms with van der Waals surface area (Å²) in [5, 5.41) is 5.54. The second-order valence-electron chi connectivity index (χ2n) is 4.19. The van der Waals surface area contributed by atoms with Gasteiger partial charge in [0, 0.05) is 30.4 Å². The molecule has 0 amide bonds. The monoisotopic (exact) mass is 239 g/mol. The van der Waals surface area contributed by atoms with Crippen LogP contribution in [0.25, 0.3) is 22.0 Å². The van der Waals surface area contributed by atoms with Crippen molar-refractivity contribution in [1.82, 2.24) is 14.8 Å². The lowest BCUT2D eigenvalue weighted by Gasteiger charge is -2.03. The SMILES string of the molecule is COc1cncc(-c2ccc3cn(C)nc3c2)c1. The largest absolute Gasteiger partial charge is 0.495 e. The van der Waals surface area contributed by atoms with Gasteiger partial charge in [0.25, 0.3) is 0 Å². The number of aryl methyl sites for hydroxylation is 1. The molecule has 0 spiro atoms. The summed E-state index contributed by atoms with van der Waals surface area (Å²) in [5.74, 6) is 0.758. The summed E-state index contributed by atoms with van der Waals surface area (Å²) in [6, 6.07) is 8.17. The Kier molecular flexibility index (Phi) is 2.48. The van der Waals surface area contributed by atoms with Gasteiger partial charge in [0.1, 0.15) is 5.75 Å². The average Bonchev–Trinajstić information content (AvgIpc) is 2.77. The molecule has 2 heterocycles. The normalized spacial score (nSPS) is 10.8. The molecule has 0 saturated heterocycles. The molecule has 4 heteroatoms. The third-order valence-corrected chi connectivity index (χ3v) is 2.90. The van der Waals surface area contributed by atoms with Gasteiger partial charge < -0.3 is 4.74 Å². The highest BCUT2D eigenvalue weighted by molar-refractivity contribution is 5.83. The van der Waals surface area contributed by atoms with E-state index in [9.17, 15) is 0 Å². The lowest BCUT2D eigenvalue weighted by atomic mass is 10.1. The molecule has 0 atom stereocenters. The Morgan fingerprint density at radius 3 is 2.83 bits per heavy atom. The van der Waals surface area contributed by atoms with Crippen LogP contribution in [0.4, 0.5) is 0 Å². The standard InChI is InChI=1S/C14H13N3O/c1-17-9-11-4-3-10(6-14(11)16-17)12-5-13(18-2)8-15-7-12/h3-9H,1-2H3. The summed E-state index contributed by atoms with van der Waals surface area (Å²) in [4.78, 5) is 4.17. The smallest absolute Gasteiger partial charge is 0.137 e. The first-order valence-electron chi connectivity index (χ1n) is 5.69. The van der Waals surface area contributed by atoms with Crippen LogP contribution >= 0.6 is 0 Å². The van der Waals surface area contributed by atoms with Crippen LogP contribution in [0.15, 0.2) is 42.9 Å². The summed E-state index contributed by atoms with van der Waals surface area (Å²) in [7, 11) is 3.56. The van der Waals surface area contributed by atoms with Crippen LogP contribution in [0.5, 0.6) is 5.75 Å². The Morgan fingerprint density at radius 1 is 1.11 bits per heavy atom. The van der Waals surface area contributed by atoms with E-state index in [4.69, 9.17) is 4.74 Å². The molecule has 0 aliphatic carbocycles. The zero-order valence-corrected chi connectivity index (χ0v) is 10.3. The molecule has 0 fully saturated rings. The molecule has 3 aromatic rings. The summed E-state index contributed by atoms with van der Waals surface area (Å²) in [6.07, 6.45) is 5.53. The van der Waals surface area contributed by atoms with Crippen molar-refractivity contribution in [2.75, 3.05) is 7.11 Å². The van der Waals surface area contributed by atoms with Crippen molar-refractivity contribution in [3.63, 3.8) is 0 Å². The van der Waals surface area contributed by atoms with Crippen molar-refractivity contribution in [3.8, 4) is 16.9 Å². The van der Waals surface area contributed by atoms with E-state index in [1.54, 1.807) is 13.3 Å². The fraction of sp³-hybridized carbons (Fsp3) is 0.143. The molecule has 0 aliphatic heterocycles. The van der Waals surface area contributed by atoms with Crippen LogP contribution in [0.2, 0.25) is 0 Å². The number of methoxy groups -OCH3 is 1. The maximum atomic E-state index is 5.19. The van der Waals surface area contributed by atoms with E-state index < -0.39 is 0 Å². The summed E-state index contributed by atoms with van der Waals surface area (Å²) in [5.41, 5.74) is 3.10. The van der Waals surface area contributed by atoms with E-state index in [2.05, 4.69) is 28.3 Å². The molecule has 2 aromatic heterocycles.